The van der Waals surface area contributed by atoms with Crippen LogP contribution in [0.15, 0.2) is 48.6 Å². The van der Waals surface area contributed by atoms with Gasteiger partial charge in [-0.15, -0.1) is 0 Å². The molecule has 13 heteroatoms. The Morgan fingerprint density at radius 2 is 0.843 bits per heavy atom. The summed E-state index contributed by atoms with van der Waals surface area (Å²) in [6.07, 6.45) is 47.5. The van der Waals surface area contributed by atoms with Crippen LogP contribution in [0.1, 0.15) is 245 Å². The predicted molar refractivity (Wildman–Crippen MR) is 286 cm³/mol. The van der Waals surface area contributed by atoms with Gasteiger partial charge >= 0.3 is 13.8 Å². The maximum atomic E-state index is 12.9. The van der Waals surface area contributed by atoms with Crippen LogP contribution < -0.4 is 0 Å². The second-order valence-corrected chi connectivity index (χ2v) is 21.2. The number of unbranched alkanes of at least 4 members (excludes halogenated alkanes) is 29. The molecule has 1 saturated carbocycles. The third-order valence-electron chi connectivity index (χ3n) is 13.2. The summed E-state index contributed by atoms with van der Waals surface area (Å²) < 4.78 is 34.4. The van der Waals surface area contributed by atoms with E-state index in [1.807, 2.05) is 0 Å². The summed E-state index contributed by atoms with van der Waals surface area (Å²) in [5.41, 5.74) is 0. The van der Waals surface area contributed by atoms with Crippen molar-refractivity contribution in [1.29, 1.82) is 0 Å². The Morgan fingerprint density at radius 1 is 0.471 bits per heavy atom. The first-order chi connectivity index (χ1) is 34.0. The van der Waals surface area contributed by atoms with E-state index in [1.165, 1.54) is 141 Å². The van der Waals surface area contributed by atoms with Gasteiger partial charge in [-0.2, -0.15) is 0 Å². The van der Waals surface area contributed by atoms with E-state index >= 15 is 0 Å². The van der Waals surface area contributed by atoms with E-state index in [1.54, 1.807) is 0 Å². The fraction of sp³-hybridized carbons (Fsp3) is 0.842. The van der Waals surface area contributed by atoms with E-state index in [4.69, 9.17) is 18.5 Å². The molecule has 70 heavy (non-hydrogen) atoms. The van der Waals surface area contributed by atoms with Gasteiger partial charge in [0.2, 0.25) is 0 Å². The lowest BCUT2D eigenvalue weighted by Crippen LogP contribution is -2.64. The molecule has 0 heterocycles. The zero-order valence-electron chi connectivity index (χ0n) is 44.3. The topological polar surface area (TPSA) is 192 Å². The number of aliphatic hydroxyl groups excluding tert-OH is 5. The van der Waals surface area contributed by atoms with Crippen molar-refractivity contribution in [3.63, 3.8) is 0 Å². The van der Waals surface area contributed by atoms with Gasteiger partial charge in [-0.3, -0.25) is 13.8 Å². The Balaban J connectivity index is 2.29. The van der Waals surface area contributed by atoms with E-state index < -0.39 is 63.1 Å². The SMILES string of the molecule is CC/C=C\C/C=C\C/C=C\C/C=C\CCCCCCCCCCCOCC(COP(=O)(O)OC1C(O)C(O)C(O)C(O)C1O)OC(=O)CCCCCCCCCCCCCCCCCCCCCCC. The van der Waals surface area contributed by atoms with Gasteiger partial charge < -0.3 is 39.9 Å². The summed E-state index contributed by atoms with van der Waals surface area (Å²) in [5, 5.41) is 50.4. The molecule has 1 aliphatic carbocycles. The Kier molecular flexibility index (Phi) is 44.6. The lowest BCUT2D eigenvalue weighted by Gasteiger charge is -2.41. The van der Waals surface area contributed by atoms with Crippen LogP contribution >= 0.6 is 7.82 Å². The third-order valence-corrected chi connectivity index (χ3v) is 14.2. The van der Waals surface area contributed by atoms with Crippen LogP contribution in [0.4, 0.5) is 0 Å². The van der Waals surface area contributed by atoms with Crippen molar-refractivity contribution >= 4 is 13.8 Å². The maximum absolute atomic E-state index is 12.9. The molecular weight excluding hydrogens is 908 g/mol. The molecule has 0 aliphatic heterocycles. The Labute approximate surface area is 426 Å². The Hall–Kier alpha value is -1.70. The minimum Gasteiger partial charge on any atom is -0.457 e. The number of hydrogen-bond donors (Lipinski definition) is 6. The van der Waals surface area contributed by atoms with Gasteiger partial charge in [-0.1, -0.05) is 236 Å². The standard InChI is InChI=1S/C57H105O12P/c1-3-5-7-9-11-13-15-17-19-21-23-25-27-29-31-33-35-37-39-41-43-45-47-66-48-50(49-67-70(64,65)69-57-55(62)53(60)52(59)54(61)56(57)63)68-51(58)46-44-42-40-38-36-34-32-30-28-26-24-22-20-18-16-14-12-10-8-6-4-2/h5,7,11,13,17,19,23,25,50,52-57,59-63H,3-4,6,8-10,12,14-16,18,20-22,24,26-49H2,1-2H3,(H,64,65)/b7-5-,13-11-,19-17-,25-23-. The number of aliphatic hydroxyl groups is 5. The molecule has 0 aromatic carbocycles. The highest BCUT2D eigenvalue weighted by Crippen LogP contribution is 2.47. The highest BCUT2D eigenvalue weighted by molar-refractivity contribution is 7.47. The van der Waals surface area contributed by atoms with Crippen LogP contribution in [0.5, 0.6) is 0 Å². The largest absolute Gasteiger partial charge is 0.472 e. The van der Waals surface area contributed by atoms with Gasteiger partial charge in [0.25, 0.3) is 0 Å². The van der Waals surface area contributed by atoms with E-state index in [0.717, 1.165) is 77.0 Å². The molecule has 0 aromatic heterocycles. The number of carbonyl (C=O) groups is 1. The van der Waals surface area contributed by atoms with Crippen molar-refractivity contribution in [1.82, 2.24) is 0 Å². The van der Waals surface area contributed by atoms with Crippen LogP contribution in [0.25, 0.3) is 0 Å². The third kappa shape index (κ3) is 38.0. The number of carbonyl (C=O) groups excluding carboxylic acids is 1. The van der Waals surface area contributed by atoms with Gasteiger partial charge in [0.15, 0.2) is 0 Å². The Morgan fingerprint density at radius 3 is 1.29 bits per heavy atom. The first-order valence-corrected chi connectivity index (χ1v) is 30.0. The lowest BCUT2D eigenvalue weighted by atomic mass is 9.85. The summed E-state index contributed by atoms with van der Waals surface area (Å²) in [6, 6.07) is 0. The van der Waals surface area contributed by atoms with Crippen molar-refractivity contribution in [2.45, 2.75) is 288 Å². The molecule has 0 saturated heterocycles. The molecule has 0 amide bonds. The van der Waals surface area contributed by atoms with Crippen molar-refractivity contribution in [2.75, 3.05) is 19.8 Å². The first-order valence-electron chi connectivity index (χ1n) is 28.5. The van der Waals surface area contributed by atoms with Crippen LogP contribution in [0.3, 0.4) is 0 Å². The molecule has 0 spiro atoms. The molecule has 12 nitrogen and oxygen atoms in total. The van der Waals surface area contributed by atoms with Crippen LogP contribution in [0.2, 0.25) is 0 Å². The van der Waals surface area contributed by atoms with Gasteiger partial charge in [-0.25, -0.2) is 4.57 Å². The zero-order valence-corrected chi connectivity index (χ0v) is 45.2. The molecule has 1 rings (SSSR count). The van der Waals surface area contributed by atoms with Gasteiger partial charge in [-0.05, 0) is 51.4 Å². The molecule has 6 N–H and O–H groups in total. The maximum Gasteiger partial charge on any atom is 0.472 e. The average molecular weight is 1010 g/mol. The quantitative estimate of drug-likeness (QED) is 0.0146. The summed E-state index contributed by atoms with van der Waals surface area (Å²) >= 11 is 0. The van der Waals surface area contributed by atoms with E-state index in [2.05, 4.69) is 62.5 Å². The second kappa shape index (κ2) is 47.0. The monoisotopic (exact) mass is 1010 g/mol. The number of esters is 1. The number of rotatable bonds is 49. The lowest BCUT2D eigenvalue weighted by molar-refractivity contribution is -0.220. The van der Waals surface area contributed by atoms with Crippen molar-refractivity contribution < 1.29 is 58.3 Å². The van der Waals surface area contributed by atoms with Gasteiger partial charge in [0.1, 0.15) is 42.7 Å². The number of allylic oxidation sites excluding steroid dienone is 8. The summed E-state index contributed by atoms with van der Waals surface area (Å²) in [5.74, 6) is -0.475. The van der Waals surface area contributed by atoms with Crippen molar-refractivity contribution in [3.05, 3.63) is 48.6 Å². The van der Waals surface area contributed by atoms with E-state index in [0.29, 0.717) is 13.0 Å². The number of phosphoric acid groups is 1. The fourth-order valence-corrected chi connectivity index (χ4v) is 9.73. The van der Waals surface area contributed by atoms with Gasteiger partial charge in [0.05, 0.1) is 13.2 Å². The van der Waals surface area contributed by atoms with Crippen molar-refractivity contribution in [3.8, 4) is 0 Å². The molecular formula is C57H105O12P. The van der Waals surface area contributed by atoms with E-state index in [-0.39, 0.29) is 13.0 Å². The van der Waals surface area contributed by atoms with Crippen LogP contribution in [-0.2, 0) is 27.9 Å². The molecule has 1 aliphatic rings. The molecule has 0 aromatic rings. The highest BCUT2D eigenvalue weighted by Gasteiger charge is 2.51. The fourth-order valence-electron chi connectivity index (χ4n) is 8.76. The van der Waals surface area contributed by atoms with Gasteiger partial charge in [0, 0.05) is 13.0 Å². The number of phosphoric ester groups is 1. The van der Waals surface area contributed by atoms with E-state index in [9.17, 15) is 39.8 Å². The highest BCUT2D eigenvalue weighted by atomic mass is 31.2. The van der Waals surface area contributed by atoms with Crippen LogP contribution in [0, 0.1) is 0 Å². The molecule has 0 bridgehead atoms. The van der Waals surface area contributed by atoms with Crippen molar-refractivity contribution in [2.24, 2.45) is 0 Å². The first kappa shape index (κ1) is 66.3. The Bertz CT molecular complexity index is 1340. The minimum absolute atomic E-state index is 0.0791. The molecule has 6 atom stereocenters. The second-order valence-electron chi connectivity index (χ2n) is 19.8. The zero-order chi connectivity index (χ0) is 51.2. The predicted octanol–water partition coefficient (Wildman–Crippen LogP) is 13.5. The molecule has 1 fully saturated rings. The number of ether oxygens (including phenoxy) is 2. The number of hydrogen-bond acceptors (Lipinski definition) is 11. The smallest absolute Gasteiger partial charge is 0.457 e. The summed E-state index contributed by atoms with van der Waals surface area (Å²) in [7, 11) is -5.03. The average Bonchev–Trinajstić information content (AvgIpc) is 3.35. The molecule has 0 radical (unpaired) electrons. The summed E-state index contributed by atoms with van der Waals surface area (Å²) in [4.78, 5) is 23.3. The minimum atomic E-state index is -5.03. The van der Waals surface area contributed by atoms with Crippen LogP contribution in [-0.4, -0.2) is 98.9 Å². The molecule has 410 valence electrons. The summed E-state index contributed by atoms with van der Waals surface area (Å²) in [6.45, 7) is 4.18. The normalized spacial score (nSPS) is 21.2. The molecule has 6 unspecified atom stereocenters.